The maximum Gasteiger partial charge on any atom is 0.258 e. The van der Waals surface area contributed by atoms with Crippen molar-refractivity contribution >= 4 is 33.6 Å². The zero-order valence-corrected chi connectivity index (χ0v) is 14.6. The van der Waals surface area contributed by atoms with Crippen molar-refractivity contribution < 1.29 is 13.9 Å². The molecular weight excluding hydrogens is 381 g/mol. The second-order valence-corrected chi connectivity index (χ2v) is 7.15. The van der Waals surface area contributed by atoms with Crippen LogP contribution in [-0.2, 0) is 4.79 Å². The van der Waals surface area contributed by atoms with E-state index in [0.29, 0.717) is 10.2 Å². The number of rotatable bonds is 4. The second kappa shape index (κ2) is 7.36. The van der Waals surface area contributed by atoms with Crippen LogP contribution in [-0.4, -0.2) is 18.3 Å². The predicted octanol–water partition coefficient (Wildman–Crippen LogP) is 4.32. The number of carbonyl (C=O) groups excluding carboxylic acids is 1. The summed E-state index contributed by atoms with van der Waals surface area (Å²) < 4.78 is 19.0. The van der Waals surface area contributed by atoms with Crippen LogP contribution < -0.4 is 10.1 Å². The van der Waals surface area contributed by atoms with Crippen LogP contribution >= 0.6 is 27.7 Å². The van der Waals surface area contributed by atoms with Crippen LogP contribution in [0.15, 0.2) is 51.8 Å². The van der Waals surface area contributed by atoms with E-state index in [0.717, 1.165) is 17.7 Å². The van der Waals surface area contributed by atoms with E-state index < -0.39 is 0 Å². The van der Waals surface area contributed by atoms with Gasteiger partial charge < -0.3 is 10.1 Å². The lowest BCUT2D eigenvalue weighted by Crippen LogP contribution is -2.34. The maximum absolute atomic E-state index is 13.0. The van der Waals surface area contributed by atoms with Crippen LogP contribution in [0.1, 0.15) is 18.0 Å². The van der Waals surface area contributed by atoms with Gasteiger partial charge in [0.2, 0.25) is 0 Å². The Kier molecular flexibility index (Phi) is 5.23. The number of hydrogen-bond acceptors (Lipinski definition) is 3. The van der Waals surface area contributed by atoms with Crippen molar-refractivity contribution in [2.45, 2.75) is 17.4 Å². The highest BCUT2D eigenvalue weighted by molar-refractivity contribution is 9.10. The third-order valence-corrected chi connectivity index (χ3v) is 5.29. The fourth-order valence-electron chi connectivity index (χ4n) is 2.46. The lowest BCUT2D eigenvalue weighted by molar-refractivity contribution is -0.123. The highest BCUT2D eigenvalue weighted by Gasteiger charge is 2.22. The molecule has 1 aliphatic heterocycles. The van der Waals surface area contributed by atoms with Gasteiger partial charge in [0.1, 0.15) is 11.6 Å². The SMILES string of the molecule is O=C(COc1ccc(F)cc1Br)NC1CCSc2ccccc21. The Hall–Kier alpha value is -1.53. The molecule has 1 heterocycles. The molecule has 120 valence electrons. The van der Waals surface area contributed by atoms with Gasteiger partial charge in [0.25, 0.3) is 5.91 Å². The molecule has 3 rings (SSSR count). The van der Waals surface area contributed by atoms with Crippen LogP contribution in [0.5, 0.6) is 5.75 Å². The van der Waals surface area contributed by atoms with E-state index in [1.165, 1.54) is 23.1 Å². The van der Waals surface area contributed by atoms with Crippen molar-refractivity contribution in [1.82, 2.24) is 5.32 Å². The van der Waals surface area contributed by atoms with Crippen molar-refractivity contribution in [3.05, 3.63) is 58.3 Å². The van der Waals surface area contributed by atoms with Gasteiger partial charge in [0, 0.05) is 10.6 Å². The molecule has 23 heavy (non-hydrogen) atoms. The molecule has 2 aromatic rings. The van der Waals surface area contributed by atoms with E-state index >= 15 is 0 Å². The molecule has 1 unspecified atom stereocenters. The summed E-state index contributed by atoms with van der Waals surface area (Å²) in [7, 11) is 0. The smallest absolute Gasteiger partial charge is 0.258 e. The van der Waals surface area contributed by atoms with E-state index in [2.05, 4.69) is 27.3 Å². The van der Waals surface area contributed by atoms with Gasteiger partial charge in [-0.3, -0.25) is 4.79 Å². The summed E-state index contributed by atoms with van der Waals surface area (Å²) in [6.07, 6.45) is 0.896. The summed E-state index contributed by atoms with van der Waals surface area (Å²) in [5.41, 5.74) is 1.15. The number of fused-ring (bicyclic) bond motifs is 1. The summed E-state index contributed by atoms with van der Waals surface area (Å²) in [4.78, 5) is 13.4. The van der Waals surface area contributed by atoms with E-state index in [1.807, 2.05) is 30.0 Å². The molecule has 0 aliphatic carbocycles. The monoisotopic (exact) mass is 395 g/mol. The van der Waals surface area contributed by atoms with Gasteiger partial charge in [-0.05, 0) is 52.2 Å². The maximum atomic E-state index is 13.0. The average molecular weight is 396 g/mol. The molecule has 1 aliphatic rings. The Morgan fingerprint density at radius 1 is 1.35 bits per heavy atom. The molecule has 2 aromatic carbocycles. The van der Waals surface area contributed by atoms with Gasteiger partial charge in [-0.1, -0.05) is 18.2 Å². The van der Waals surface area contributed by atoms with Gasteiger partial charge in [0.15, 0.2) is 6.61 Å². The minimum atomic E-state index is -0.356. The lowest BCUT2D eigenvalue weighted by atomic mass is 10.0. The number of amides is 1. The first-order valence-electron chi connectivity index (χ1n) is 7.22. The minimum absolute atomic E-state index is 0.0141. The highest BCUT2D eigenvalue weighted by Crippen LogP contribution is 2.35. The fraction of sp³-hybridized carbons (Fsp3) is 0.235. The number of nitrogens with one attached hydrogen (secondary N) is 1. The molecule has 0 bridgehead atoms. The second-order valence-electron chi connectivity index (χ2n) is 5.16. The summed E-state index contributed by atoms with van der Waals surface area (Å²) in [6, 6.07) is 12.2. The molecule has 1 amide bonds. The molecule has 0 radical (unpaired) electrons. The normalized spacial score (nSPS) is 16.5. The van der Waals surface area contributed by atoms with Gasteiger partial charge >= 0.3 is 0 Å². The van der Waals surface area contributed by atoms with Crippen LogP contribution in [0.4, 0.5) is 4.39 Å². The molecule has 0 saturated heterocycles. The van der Waals surface area contributed by atoms with E-state index in [9.17, 15) is 9.18 Å². The number of thioether (sulfide) groups is 1. The molecule has 1 atom stereocenters. The van der Waals surface area contributed by atoms with Crippen molar-refractivity contribution in [3.8, 4) is 5.75 Å². The van der Waals surface area contributed by atoms with E-state index in [1.54, 1.807) is 0 Å². The van der Waals surface area contributed by atoms with Crippen molar-refractivity contribution in [2.24, 2.45) is 0 Å². The summed E-state index contributed by atoms with van der Waals surface area (Å²) in [5.74, 6) is 0.880. The molecule has 3 nitrogen and oxygen atoms in total. The standard InChI is InChI=1S/C17H15BrFNO2S/c18-13-9-11(19)5-6-15(13)22-10-17(21)20-14-7-8-23-16-4-2-1-3-12(14)16/h1-6,9,14H,7-8,10H2,(H,20,21). The van der Waals surface area contributed by atoms with Crippen LogP contribution in [0, 0.1) is 5.82 Å². The quantitative estimate of drug-likeness (QED) is 0.837. The van der Waals surface area contributed by atoms with Gasteiger partial charge in [-0.15, -0.1) is 11.8 Å². The Labute approximate surface area is 146 Å². The van der Waals surface area contributed by atoms with E-state index in [-0.39, 0.29) is 24.4 Å². The first kappa shape index (κ1) is 16.3. The van der Waals surface area contributed by atoms with Crippen molar-refractivity contribution in [1.29, 1.82) is 0 Å². The zero-order chi connectivity index (χ0) is 16.2. The lowest BCUT2D eigenvalue weighted by Gasteiger charge is -2.25. The summed E-state index contributed by atoms with van der Waals surface area (Å²) in [5, 5.41) is 3.01. The van der Waals surface area contributed by atoms with Gasteiger partial charge in [-0.25, -0.2) is 4.39 Å². The number of halogens is 2. The highest BCUT2D eigenvalue weighted by atomic mass is 79.9. The third-order valence-electron chi connectivity index (χ3n) is 3.55. The molecule has 0 spiro atoms. The zero-order valence-electron chi connectivity index (χ0n) is 12.2. The van der Waals surface area contributed by atoms with Gasteiger partial charge in [0.05, 0.1) is 10.5 Å². The molecule has 0 aromatic heterocycles. The largest absolute Gasteiger partial charge is 0.483 e. The first-order valence-corrected chi connectivity index (χ1v) is 9.00. The summed E-state index contributed by atoms with van der Waals surface area (Å²) in [6.45, 7) is -0.101. The third kappa shape index (κ3) is 4.06. The fourth-order valence-corrected chi connectivity index (χ4v) is 4.05. The Morgan fingerprint density at radius 3 is 3.00 bits per heavy atom. The van der Waals surface area contributed by atoms with Crippen molar-refractivity contribution in [2.75, 3.05) is 12.4 Å². The molecule has 1 N–H and O–H groups in total. The Balaban J connectivity index is 1.60. The average Bonchev–Trinajstić information content (AvgIpc) is 2.54. The number of carbonyl (C=O) groups is 1. The number of benzene rings is 2. The number of hydrogen-bond donors (Lipinski definition) is 1. The van der Waals surface area contributed by atoms with Crippen LogP contribution in [0.2, 0.25) is 0 Å². The number of ether oxygens (including phenoxy) is 1. The van der Waals surface area contributed by atoms with Crippen LogP contribution in [0.3, 0.4) is 0 Å². The topological polar surface area (TPSA) is 38.3 Å². The summed E-state index contributed by atoms with van der Waals surface area (Å²) >= 11 is 5.03. The molecule has 0 saturated carbocycles. The Morgan fingerprint density at radius 2 is 2.17 bits per heavy atom. The minimum Gasteiger partial charge on any atom is -0.483 e. The molecular formula is C17H15BrFNO2S. The predicted molar refractivity (Wildman–Crippen MR) is 92.3 cm³/mol. The first-order chi connectivity index (χ1) is 11.1. The van der Waals surface area contributed by atoms with Crippen LogP contribution in [0.25, 0.3) is 0 Å². The molecule has 6 heteroatoms. The van der Waals surface area contributed by atoms with Crippen molar-refractivity contribution in [3.63, 3.8) is 0 Å². The van der Waals surface area contributed by atoms with E-state index in [4.69, 9.17) is 4.74 Å². The Bertz CT molecular complexity index is 725. The van der Waals surface area contributed by atoms with Gasteiger partial charge in [-0.2, -0.15) is 0 Å². The molecule has 0 fully saturated rings.